The smallest absolute Gasteiger partial charge is 0.323 e. The number of ether oxygens (including phenoxy) is 1. The molecule has 1 heterocycles. The molecule has 15 heavy (non-hydrogen) atoms. The number of hydrogen-bond donors (Lipinski definition) is 2. The van der Waals surface area contributed by atoms with E-state index in [-0.39, 0.29) is 11.9 Å². The molecule has 1 fully saturated rings. The van der Waals surface area contributed by atoms with Gasteiger partial charge in [0.2, 0.25) is 0 Å². The van der Waals surface area contributed by atoms with Gasteiger partial charge in [-0.2, -0.15) is 0 Å². The first-order valence-electron chi connectivity index (χ1n) is 5.59. The molecule has 1 saturated heterocycles. The molecule has 0 saturated carbocycles. The van der Waals surface area contributed by atoms with E-state index in [1.807, 2.05) is 20.8 Å². The quantitative estimate of drug-likeness (QED) is 0.663. The Labute approximate surface area is 91.5 Å². The molecule has 0 unspecified atom stereocenters. The average Bonchev–Trinajstić information content (AvgIpc) is 2.15. The van der Waals surface area contributed by atoms with Crippen LogP contribution in [-0.4, -0.2) is 30.7 Å². The Bertz CT molecular complexity index is 217. The lowest BCUT2D eigenvalue weighted by Crippen LogP contribution is -2.47. The van der Waals surface area contributed by atoms with Crippen LogP contribution in [0.25, 0.3) is 0 Å². The summed E-state index contributed by atoms with van der Waals surface area (Å²) in [6.45, 7) is 7.42. The van der Waals surface area contributed by atoms with E-state index < -0.39 is 11.6 Å². The third-order valence-corrected chi connectivity index (χ3v) is 2.52. The molecule has 3 N–H and O–H groups in total. The van der Waals surface area contributed by atoms with E-state index in [0.717, 1.165) is 25.9 Å². The molecule has 0 aromatic heterocycles. The predicted molar refractivity (Wildman–Crippen MR) is 59.4 cm³/mol. The van der Waals surface area contributed by atoms with E-state index in [1.54, 1.807) is 0 Å². The maximum Gasteiger partial charge on any atom is 0.323 e. The molecule has 0 radical (unpaired) electrons. The number of carbonyl (C=O) groups is 1. The monoisotopic (exact) mass is 214 g/mol. The zero-order valence-electron chi connectivity index (χ0n) is 9.88. The summed E-state index contributed by atoms with van der Waals surface area (Å²) < 4.78 is 5.26. The van der Waals surface area contributed by atoms with Gasteiger partial charge in [0.05, 0.1) is 0 Å². The van der Waals surface area contributed by atoms with Crippen LogP contribution >= 0.6 is 0 Å². The highest BCUT2D eigenvalue weighted by Crippen LogP contribution is 2.16. The normalized spacial score (nSPS) is 24.7. The minimum Gasteiger partial charge on any atom is -0.459 e. The summed E-state index contributed by atoms with van der Waals surface area (Å²) in [5.74, 6) is -0.0650. The second-order valence-electron chi connectivity index (χ2n) is 5.17. The lowest BCUT2D eigenvalue weighted by atomic mass is 9.92. The van der Waals surface area contributed by atoms with Crippen LogP contribution in [0.15, 0.2) is 0 Å². The molecule has 0 bridgehead atoms. The predicted octanol–water partition coefficient (Wildman–Crippen LogP) is 0.655. The van der Waals surface area contributed by atoms with Gasteiger partial charge in [-0.1, -0.05) is 0 Å². The number of hydrogen-bond acceptors (Lipinski definition) is 4. The molecule has 0 aromatic rings. The highest BCUT2D eigenvalue weighted by atomic mass is 16.6. The SMILES string of the molecule is CC(C)(C)OC(=O)[C@H](N)[C@H]1CCCNC1. The van der Waals surface area contributed by atoms with E-state index in [0.29, 0.717) is 0 Å². The summed E-state index contributed by atoms with van der Waals surface area (Å²) in [7, 11) is 0. The molecule has 2 atom stereocenters. The number of nitrogens with one attached hydrogen (secondary N) is 1. The van der Waals surface area contributed by atoms with Crippen molar-refractivity contribution in [1.82, 2.24) is 5.32 Å². The molecule has 4 nitrogen and oxygen atoms in total. The highest BCUT2D eigenvalue weighted by Gasteiger charge is 2.29. The van der Waals surface area contributed by atoms with Gasteiger partial charge in [0.25, 0.3) is 0 Å². The maximum absolute atomic E-state index is 11.7. The molecule has 0 aromatic carbocycles. The zero-order valence-corrected chi connectivity index (χ0v) is 9.88. The number of carbonyl (C=O) groups excluding carboxylic acids is 1. The van der Waals surface area contributed by atoms with Gasteiger partial charge in [0.15, 0.2) is 0 Å². The van der Waals surface area contributed by atoms with Crippen LogP contribution < -0.4 is 11.1 Å². The molecule has 1 rings (SSSR count). The molecule has 88 valence electrons. The van der Waals surface area contributed by atoms with Crippen molar-refractivity contribution in [3.63, 3.8) is 0 Å². The zero-order chi connectivity index (χ0) is 11.5. The van der Waals surface area contributed by atoms with Crippen molar-refractivity contribution in [2.45, 2.75) is 45.3 Å². The molecular weight excluding hydrogens is 192 g/mol. The summed E-state index contributed by atoms with van der Waals surface area (Å²) in [6.07, 6.45) is 2.09. The summed E-state index contributed by atoms with van der Waals surface area (Å²) >= 11 is 0. The van der Waals surface area contributed by atoms with E-state index in [9.17, 15) is 4.79 Å². The van der Waals surface area contributed by atoms with Crippen LogP contribution in [0, 0.1) is 5.92 Å². The van der Waals surface area contributed by atoms with Crippen molar-refractivity contribution in [2.75, 3.05) is 13.1 Å². The molecule has 4 heteroatoms. The Kier molecular flexibility index (Phi) is 4.11. The van der Waals surface area contributed by atoms with Crippen LogP contribution in [0.1, 0.15) is 33.6 Å². The minimum absolute atomic E-state index is 0.216. The first-order chi connectivity index (χ1) is 6.90. The Morgan fingerprint density at radius 1 is 1.53 bits per heavy atom. The van der Waals surface area contributed by atoms with Gasteiger partial charge in [-0.15, -0.1) is 0 Å². The van der Waals surface area contributed by atoms with Gasteiger partial charge >= 0.3 is 5.97 Å². The van der Waals surface area contributed by atoms with Gasteiger partial charge in [-0.3, -0.25) is 4.79 Å². The highest BCUT2D eigenvalue weighted by molar-refractivity contribution is 5.76. The van der Waals surface area contributed by atoms with E-state index in [4.69, 9.17) is 10.5 Å². The van der Waals surface area contributed by atoms with Crippen molar-refractivity contribution in [2.24, 2.45) is 11.7 Å². The molecule has 0 spiro atoms. The van der Waals surface area contributed by atoms with Crippen molar-refractivity contribution in [3.8, 4) is 0 Å². The Morgan fingerprint density at radius 2 is 2.20 bits per heavy atom. The Morgan fingerprint density at radius 3 is 2.67 bits per heavy atom. The second kappa shape index (κ2) is 4.94. The molecular formula is C11H22N2O2. The van der Waals surface area contributed by atoms with Gasteiger partial charge in [0, 0.05) is 6.54 Å². The van der Waals surface area contributed by atoms with Crippen LogP contribution in [0.2, 0.25) is 0 Å². The number of nitrogens with two attached hydrogens (primary N) is 1. The fraction of sp³-hybridized carbons (Fsp3) is 0.909. The summed E-state index contributed by atoms with van der Waals surface area (Å²) in [4.78, 5) is 11.7. The standard InChI is InChI=1S/C11H22N2O2/c1-11(2,3)15-10(14)9(12)8-5-4-6-13-7-8/h8-9,13H,4-7,12H2,1-3H3/t8-,9+/m0/s1. The maximum atomic E-state index is 11.7. The lowest BCUT2D eigenvalue weighted by Gasteiger charge is -2.29. The third-order valence-electron chi connectivity index (χ3n) is 2.52. The largest absolute Gasteiger partial charge is 0.459 e. The first kappa shape index (κ1) is 12.5. The Balaban J connectivity index is 2.44. The average molecular weight is 214 g/mol. The number of piperidine rings is 1. The van der Waals surface area contributed by atoms with Gasteiger partial charge < -0.3 is 15.8 Å². The third kappa shape index (κ3) is 4.18. The molecule has 1 aliphatic rings. The molecule has 0 amide bonds. The Hall–Kier alpha value is -0.610. The van der Waals surface area contributed by atoms with Crippen LogP contribution in [0.4, 0.5) is 0 Å². The lowest BCUT2D eigenvalue weighted by molar-refractivity contribution is -0.158. The van der Waals surface area contributed by atoms with Crippen molar-refractivity contribution < 1.29 is 9.53 Å². The minimum atomic E-state index is -0.489. The van der Waals surface area contributed by atoms with Crippen molar-refractivity contribution >= 4 is 5.97 Å². The van der Waals surface area contributed by atoms with E-state index >= 15 is 0 Å². The number of rotatable bonds is 2. The first-order valence-corrected chi connectivity index (χ1v) is 5.59. The van der Waals surface area contributed by atoms with Crippen molar-refractivity contribution in [3.05, 3.63) is 0 Å². The second-order valence-corrected chi connectivity index (χ2v) is 5.17. The summed E-state index contributed by atoms with van der Waals surface area (Å²) in [5, 5.41) is 3.25. The van der Waals surface area contributed by atoms with Crippen LogP contribution in [-0.2, 0) is 9.53 Å². The van der Waals surface area contributed by atoms with Gasteiger partial charge in [-0.05, 0) is 46.1 Å². The van der Waals surface area contributed by atoms with Gasteiger partial charge in [0.1, 0.15) is 11.6 Å². The van der Waals surface area contributed by atoms with E-state index in [1.165, 1.54) is 0 Å². The number of esters is 1. The molecule has 0 aliphatic carbocycles. The topological polar surface area (TPSA) is 64.3 Å². The van der Waals surface area contributed by atoms with E-state index in [2.05, 4.69) is 5.32 Å². The van der Waals surface area contributed by atoms with Crippen molar-refractivity contribution in [1.29, 1.82) is 0 Å². The van der Waals surface area contributed by atoms with Gasteiger partial charge in [-0.25, -0.2) is 0 Å². The van der Waals surface area contributed by atoms with Crippen LogP contribution in [0.3, 0.4) is 0 Å². The van der Waals surface area contributed by atoms with Crippen LogP contribution in [0.5, 0.6) is 0 Å². The fourth-order valence-corrected chi connectivity index (χ4v) is 1.75. The summed E-state index contributed by atoms with van der Waals surface area (Å²) in [5.41, 5.74) is 5.44. The fourth-order valence-electron chi connectivity index (χ4n) is 1.75. The summed E-state index contributed by atoms with van der Waals surface area (Å²) in [6, 6.07) is -0.489. The molecule has 1 aliphatic heterocycles.